The predicted molar refractivity (Wildman–Crippen MR) is 94.4 cm³/mol. The number of aromatic hydroxyl groups is 3. The molecule has 3 N–H and O–H groups in total. The van der Waals surface area contributed by atoms with Crippen molar-refractivity contribution in [2.24, 2.45) is 0 Å². The normalized spacial score (nSPS) is 14.5. The zero-order valence-corrected chi connectivity index (χ0v) is 14.0. The van der Waals surface area contributed by atoms with Crippen molar-refractivity contribution in [1.82, 2.24) is 0 Å². The molecule has 0 aliphatic carbocycles. The molecular formula is C19H19NO5. The lowest BCUT2D eigenvalue weighted by atomic mass is 10.1. The number of Topliss-reactive ketones (excluding diaryl/α,β-unsaturated/α-hetero) is 1. The van der Waals surface area contributed by atoms with E-state index < -0.39 is 11.5 Å². The Bertz CT molecular complexity index is 868. The fraction of sp³-hybridized carbons (Fsp3) is 0.211. The molecule has 1 aliphatic rings. The average Bonchev–Trinajstić information content (AvgIpc) is 2.91. The number of fused-ring (bicyclic) bond motifs is 1. The predicted octanol–water partition coefficient (Wildman–Crippen LogP) is 3.27. The summed E-state index contributed by atoms with van der Waals surface area (Å²) in [6.45, 7) is 5.69. The Morgan fingerprint density at radius 3 is 2.40 bits per heavy atom. The second kappa shape index (κ2) is 6.39. The van der Waals surface area contributed by atoms with E-state index in [4.69, 9.17) is 4.74 Å². The third-order valence-electron chi connectivity index (χ3n) is 4.22. The number of phenolic OH excluding ortho intramolecular Hbond substituents is 3. The number of rotatable bonds is 4. The molecule has 1 heterocycles. The van der Waals surface area contributed by atoms with Gasteiger partial charge in [0.2, 0.25) is 11.5 Å². The lowest BCUT2D eigenvalue weighted by molar-refractivity contribution is 0.101. The van der Waals surface area contributed by atoms with Crippen LogP contribution in [0.5, 0.6) is 23.0 Å². The SMILES string of the molecule is CCN(CC)c1ccc(/C=C2\Oc3c(ccc(O)c3O)C2=O)c(O)c1. The van der Waals surface area contributed by atoms with Gasteiger partial charge in [-0.1, -0.05) is 0 Å². The van der Waals surface area contributed by atoms with Gasteiger partial charge < -0.3 is 25.0 Å². The van der Waals surface area contributed by atoms with E-state index in [2.05, 4.69) is 4.90 Å². The molecular weight excluding hydrogens is 322 g/mol. The van der Waals surface area contributed by atoms with Crippen LogP contribution in [0.4, 0.5) is 5.69 Å². The van der Waals surface area contributed by atoms with Gasteiger partial charge in [-0.05, 0) is 44.2 Å². The number of ketones is 1. The fourth-order valence-electron chi connectivity index (χ4n) is 2.81. The number of phenols is 3. The van der Waals surface area contributed by atoms with Crippen LogP contribution in [0.15, 0.2) is 36.1 Å². The van der Waals surface area contributed by atoms with Crippen molar-refractivity contribution in [3.8, 4) is 23.0 Å². The van der Waals surface area contributed by atoms with E-state index in [-0.39, 0.29) is 28.6 Å². The van der Waals surface area contributed by atoms with Crippen LogP contribution >= 0.6 is 0 Å². The van der Waals surface area contributed by atoms with E-state index in [1.54, 1.807) is 12.1 Å². The van der Waals surface area contributed by atoms with Gasteiger partial charge in [0.25, 0.3) is 0 Å². The number of anilines is 1. The van der Waals surface area contributed by atoms with Crippen LogP contribution in [0.2, 0.25) is 0 Å². The lowest BCUT2D eigenvalue weighted by Crippen LogP contribution is -2.21. The molecule has 3 rings (SSSR count). The Labute approximate surface area is 145 Å². The Hall–Kier alpha value is -3.15. The summed E-state index contributed by atoms with van der Waals surface area (Å²) in [5.74, 6) is -1.33. The maximum Gasteiger partial charge on any atom is 0.232 e. The van der Waals surface area contributed by atoms with Gasteiger partial charge in [0.15, 0.2) is 17.3 Å². The van der Waals surface area contributed by atoms with Gasteiger partial charge in [-0.15, -0.1) is 0 Å². The maximum absolute atomic E-state index is 12.4. The van der Waals surface area contributed by atoms with Crippen LogP contribution in [0.25, 0.3) is 6.08 Å². The molecule has 0 bridgehead atoms. The second-order valence-corrected chi connectivity index (χ2v) is 5.67. The highest BCUT2D eigenvalue weighted by Gasteiger charge is 2.31. The van der Waals surface area contributed by atoms with Gasteiger partial charge in [-0.2, -0.15) is 0 Å². The van der Waals surface area contributed by atoms with E-state index in [0.717, 1.165) is 18.8 Å². The Kier molecular flexibility index (Phi) is 4.27. The third kappa shape index (κ3) is 2.87. The highest BCUT2D eigenvalue weighted by Crippen LogP contribution is 2.44. The van der Waals surface area contributed by atoms with Crippen LogP contribution < -0.4 is 9.64 Å². The monoisotopic (exact) mass is 341 g/mol. The Morgan fingerprint density at radius 1 is 1.04 bits per heavy atom. The summed E-state index contributed by atoms with van der Waals surface area (Å²) in [6.07, 6.45) is 1.42. The van der Waals surface area contributed by atoms with Crippen molar-refractivity contribution in [2.75, 3.05) is 18.0 Å². The number of carbonyl (C=O) groups excluding carboxylic acids is 1. The number of hydrogen-bond acceptors (Lipinski definition) is 6. The van der Waals surface area contributed by atoms with Crippen LogP contribution in [0, 0.1) is 0 Å². The van der Waals surface area contributed by atoms with E-state index in [1.165, 1.54) is 18.2 Å². The molecule has 0 radical (unpaired) electrons. The first-order valence-electron chi connectivity index (χ1n) is 8.03. The number of benzene rings is 2. The number of nitrogens with zero attached hydrogens (tertiary/aromatic N) is 1. The van der Waals surface area contributed by atoms with Gasteiger partial charge in [-0.3, -0.25) is 4.79 Å². The molecule has 6 heteroatoms. The fourth-order valence-corrected chi connectivity index (χ4v) is 2.81. The third-order valence-corrected chi connectivity index (χ3v) is 4.22. The number of allylic oxidation sites excluding steroid dienone is 1. The van der Waals surface area contributed by atoms with Crippen molar-refractivity contribution in [1.29, 1.82) is 0 Å². The number of hydrogen-bond donors (Lipinski definition) is 3. The molecule has 1 aliphatic heterocycles. The van der Waals surface area contributed by atoms with E-state index >= 15 is 0 Å². The Morgan fingerprint density at radius 2 is 1.76 bits per heavy atom. The summed E-state index contributed by atoms with van der Waals surface area (Å²) >= 11 is 0. The topological polar surface area (TPSA) is 90.2 Å². The maximum atomic E-state index is 12.4. The van der Waals surface area contributed by atoms with Crippen LogP contribution in [0.3, 0.4) is 0 Å². The highest BCUT2D eigenvalue weighted by molar-refractivity contribution is 6.15. The summed E-state index contributed by atoms with van der Waals surface area (Å²) in [7, 11) is 0. The van der Waals surface area contributed by atoms with Crippen molar-refractivity contribution in [2.45, 2.75) is 13.8 Å². The quantitative estimate of drug-likeness (QED) is 0.584. The molecule has 0 spiro atoms. The molecule has 0 unspecified atom stereocenters. The van der Waals surface area contributed by atoms with Gasteiger partial charge in [-0.25, -0.2) is 0 Å². The van der Waals surface area contributed by atoms with Crippen LogP contribution in [-0.2, 0) is 0 Å². The minimum Gasteiger partial charge on any atom is -0.507 e. The van der Waals surface area contributed by atoms with Crippen molar-refractivity contribution < 1.29 is 24.9 Å². The molecule has 25 heavy (non-hydrogen) atoms. The first kappa shape index (κ1) is 16.7. The van der Waals surface area contributed by atoms with Gasteiger partial charge >= 0.3 is 0 Å². The summed E-state index contributed by atoms with van der Waals surface area (Å²) in [5.41, 5.74) is 1.48. The van der Waals surface area contributed by atoms with Crippen LogP contribution in [-0.4, -0.2) is 34.2 Å². The molecule has 0 aromatic heterocycles. The second-order valence-electron chi connectivity index (χ2n) is 5.67. The first-order chi connectivity index (χ1) is 12.0. The molecule has 0 saturated carbocycles. The molecule has 0 atom stereocenters. The number of ether oxygens (including phenoxy) is 1. The summed E-state index contributed by atoms with van der Waals surface area (Å²) in [4.78, 5) is 14.5. The first-order valence-corrected chi connectivity index (χ1v) is 8.03. The van der Waals surface area contributed by atoms with Crippen molar-refractivity contribution in [3.63, 3.8) is 0 Å². The largest absolute Gasteiger partial charge is 0.507 e. The minimum atomic E-state index is -0.477. The highest BCUT2D eigenvalue weighted by atomic mass is 16.5. The minimum absolute atomic E-state index is 0.0244. The summed E-state index contributed by atoms with van der Waals surface area (Å²) < 4.78 is 5.39. The molecule has 2 aromatic rings. The van der Waals surface area contributed by atoms with E-state index in [0.29, 0.717) is 5.56 Å². The molecule has 2 aromatic carbocycles. The van der Waals surface area contributed by atoms with Gasteiger partial charge in [0.05, 0.1) is 5.56 Å². The van der Waals surface area contributed by atoms with Gasteiger partial charge in [0.1, 0.15) is 5.75 Å². The molecule has 0 amide bonds. The molecule has 130 valence electrons. The zero-order valence-electron chi connectivity index (χ0n) is 14.0. The average molecular weight is 341 g/mol. The summed E-state index contributed by atoms with van der Waals surface area (Å²) in [6, 6.07) is 7.81. The van der Waals surface area contributed by atoms with Crippen molar-refractivity contribution >= 4 is 17.5 Å². The Balaban J connectivity index is 1.95. The van der Waals surface area contributed by atoms with Gasteiger partial charge in [0, 0.05) is 30.4 Å². The smallest absolute Gasteiger partial charge is 0.232 e. The molecule has 0 fully saturated rings. The number of carbonyl (C=O) groups is 1. The van der Waals surface area contributed by atoms with Crippen LogP contribution in [0.1, 0.15) is 29.8 Å². The lowest BCUT2D eigenvalue weighted by Gasteiger charge is -2.21. The van der Waals surface area contributed by atoms with E-state index in [9.17, 15) is 20.1 Å². The standard InChI is InChI=1S/C19H19NO5/c1-3-20(4-2)12-6-5-11(15(22)10-12)9-16-17(23)13-7-8-14(21)18(24)19(13)25-16/h5-10,21-22,24H,3-4H2,1-2H3/b16-9-. The summed E-state index contributed by atoms with van der Waals surface area (Å²) in [5, 5.41) is 29.6. The van der Waals surface area contributed by atoms with E-state index in [1.807, 2.05) is 19.9 Å². The molecule has 6 nitrogen and oxygen atoms in total. The zero-order chi connectivity index (χ0) is 18.1. The van der Waals surface area contributed by atoms with Crippen molar-refractivity contribution in [3.05, 3.63) is 47.2 Å². The molecule has 0 saturated heterocycles.